The van der Waals surface area contributed by atoms with Crippen LogP contribution in [0.25, 0.3) is 0 Å². The van der Waals surface area contributed by atoms with Gasteiger partial charge in [0.1, 0.15) is 0 Å². The van der Waals surface area contributed by atoms with E-state index in [4.69, 9.17) is 0 Å². The summed E-state index contributed by atoms with van der Waals surface area (Å²) in [5, 5.41) is 12.2. The Morgan fingerprint density at radius 2 is 1.88 bits per heavy atom. The highest BCUT2D eigenvalue weighted by atomic mass is 16.4. The summed E-state index contributed by atoms with van der Waals surface area (Å²) >= 11 is 0. The number of nitrogens with zero attached hydrogens (tertiary/aromatic N) is 1. The summed E-state index contributed by atoms with van der Waals surface area (Å²) in [6, 6.07) is 7.16. The number of amides is 2. The summed E-state index contributed by atoms with van der Waals surface area (Å²) in [5.41, 5.74) is 1.27. The maximum absolute atomic E-state index is 12.2. The van der Waals surface area contributed by atoms with Crippen molar-refractivity contribution in [1.82, 2.24) is 10.2 Å². The van der Waals surface area contributed by atoms with Crippen LogP contribution in [0.4, 0.5) is 4.79 Å². The average molecular weight is 328 g/mol. The van der Waals surface area contributed by atoms with Gasteiger partial charge in [-0.15, -0.1) is 0 Å². The summed E-state index contributed by atoms with van der Waals surface area (Å²) in [4.78, 5) is 25.3. The predicted octanol–water partition coefficient (Wildman–Crippen LogP) is 3.24. The zero-order valence-electron chi connectivity index (χ0n) is 13.8. The van der Waals surface area contributed by atoms with E-state index in [-0.39, 0.29) is 11.9 Å². The van der Waals surface area contributed by atoms with E-state index in [9.17, 15) is 14.7 Å². The van der Waals surface area contributed by atoms with Crippen LogP contribution < -0.4 is 5.32 Å². The fourth-order valence-corrected chi connectivity index (χ4v) is 3.25. The molecule has 1 heterocycles. The summed E-state index contributed by atoms with van der Waals surface area (Å²) < 4.78 is 0. The maximum Gasteiger partial charge on any atom is 0.335 e. The van der Waals surface area contributed by atoms with Gasteiger partial charge in [0, 0.05) is 19.6 Å². The molecule has 5 heteroatoms. The number of hydrogen-bond acceptors (Lipinski definition) is 2. The van der Waals surface area contributed by atoms with Crippen LogP contribution in [0.3, 0.4) is 0 Å². The molecule has 3 rings (SSSR count). The quantitative estimate of drug-likeness (QED) is 0.815. The van der Waals surface area contributed by atoms with Crippen molar-refractivity contribution in [3.63, 3.8) is 0 Å². The predicted molar refractivity (Wildman–Crippen MR) is 92.2 cm³/mol. The lowest BCUT2D eigenvalue weighted by atomic mass is 9.86. The minimum atomic E-state index is -0.881. The second-order valence-electron chi connectivity index (χ2n) is 6.61. The van der Waals surface area contributed by atoms with Crippen molar-refractivity contribution in [2.75, 3.05) is 19.6 Å². The van der Waals surface area contributed by atoms with E-state index < -0.39 is 5.97 Å². The Labute approximate surface area is 142 Å². The van der Waals surface area contributed by atoms with Crippen LogP contribution in [0.5, 0.6) is 0 Å². The number of rotatable bonds is 5. The zero-order chi connectivity index (χ0) is 16.9. The number of aromatic carboxylic acids is 1. The van der Waals surface area contributed by atoms with Gasteiger partial charge in [0.15, 0.2) is 0 Å². The molecular formula is C19H24N2O3. The zero-order valence-corrected chi connectivity index (χ0v) is 13.8. The smallest absolute Gasteiger partial charge is 0.335 e. The molecule has 1 aromatic carbocycles. The summed E-state index contributed by atoms with van der Waals surface area (Å²) in [6.45, 7) is 1.91. The highest BCUT2D eigenvalue weighted by Crippen LogP contribution is 2.31. The number of likely N-dealkylation sites (tertiary alicyclic amines) is 1. The Bertz CT molecular complexity index is 629. The summed E-state index contributed by atoms with van der Waals surface area (Å²) in [7, 11) is 0. The third kappa shape index (κ3) is 4.16. The number of carboxylic acids is 1. The van der Waals surface area contributed by atoms with Crippen LogP contribution in [0, 0.1) is 5.92 Å². The number of piperidine rings is 1. The van der Waals surface area contributed by atoms with Crippen molar-refractivity contribution in [2.24, 2.45) is 5.92 Å². The number of nitrogens with one attached hydrogen (secondary N) is 1. The summed E-state index contributed by atoms with van der Waals surface area (Å²) in [6.07, 6.45) is 8.36. The molecule has 0 radical (unpaired) electrons. The Hall–Kier alpha value is -2.30. The van der Waals surface area contributed by atoms with Gasteiger partial charge in [-0.25, -0.2) is 9.59 Å². The Kier molecular flexibility index (Phi) is 5.18. The van der Waals surface area contributed by atoms with Gasteiger partial charge in [0.05, 0.1) is 5.56 Å². The van der Waals surface area contributed by atoms with Crippen molar-refractivity contribution >= 4 is 12.0 Å². The highest BCUT2D eigenvalue weighted by Gasteiger charge is 2.26. The van der Waals surface area contributed by atoms with Crippen molar-refractivity contribution in [2.45, 2.75) is 31.6 Å². The summed E-state index contributed by atoms with van der Waals surface area (Å²) in [5.74, 6) is 0.0521. The monoisotopic (exact) mass is 328 g/mol. The van der Waals surface area contributed by atoms with E-state index >= 15 is 0 Å². The lowest BCUT2D eigenvalue weighted by Gasteiger charge is -2.32. The fourth-order valence-electron chi connectivity index (χ4n) is 3.25. The molecule has 0 unspecified atom stereocenters. The second-order valence-corrected chi connectivity index (χ2v) is 6.61. The van der Waals surface area contributed by atoms with Crippen molar-refractivity contribution in [3.05, 3.63) is 47.5 Å². The number of carbonyl (C=O) groups is 2. The van der Waals surface area contributed by atoms with E-state index in [0.717, 1.165) is 24.3 Å². The first kappa shape index (κ1) is 16.6. The fraction of sp³-hybridized carbons (Fsp3) is 0.474. The molecule has 1 saturated heterocycles. The topological polar surface area (TPSA) is 69.6 Å². The van der Waals surface area contributed by atoms with Gasteiger partial charge in [-0.1, -0.05) is 30.4 Å². The van der Waals surface area contributed by atoms with Crippen LogP contribution in [0.15, 0.2) is 36.4 Å². The molecule has 1 aliphatic heterocycles. The minimum Gasteiger partial charge on any atom is -0.478 e. The first-order chi connectivity index (χ1) is 11.6. The Morgan fingerprint density at radius 3 is 2.54 bits per heavy atom. The average Bonchev–Trinajstić information content (AvgIpc) is 3.43. The first-order valence-corrected chi connectivity index (χ1v) is 8.67. The lowest BCUT2D eigenvalue weighted by molar-refractivity contribution is 0.0694. The highest BCUT2D eigenvalue weighted by molar-refractivity contribution is 5.89. The number of carbonyl (C=O) groups excluding carboxylic acids is 1. The SMILES string of the molecule is O=C(O)c1ccccc1C1CCN(C(=O)NC/C=C/C2CC2)CC1. The van der Waals surface area contributed by atoms with Crippen LogP contribution in [-0.2, 0) is 0 Å². The number of hydrogen-bond donors (Lipinski definition) is 2. The molecule has 2 N–H and O–H groups in total. The van der Waals surface area contributed by atoms with Crippen LogP contribution in [0.2, 0.25) is 0 Å². The number of benzene rings is 1. The maximum atomic E-state index is 12.2. The molecule has 2 amide bonds. The third-order valence-electron chi connectivity index (χ3n) is 4.81. The largest absolute Gasteiger partial charge is 0.478 e. The Balaban J connectivity index is 1.50. The molecule has 1 aliphatic carbocycles. The van der Waals surface area contributed by atoms with E-state index in [1.807, 2.05) is 23.1 Å². The molecule has 5 nitrogen and oxygen atoms in total. The van der Waals surface area contributed by atoms with Crippen LogP contribution in [-0.4, -0.2) is 41.6 Å². The molecule has 0 bridgehead atoms. The molecular weight excluding hydrogens is 304 g/mol. The molecule has 1 saturated carbocycles. The number of carboxylic acid groups (broad SMARTS) is 1. The second kappa shape index (κ2) is 7.51. The van der Waals surface area contributed by atoms with Gasteiger partial charge < -0.3 is 15.3 Å². The van der Waals surface area contributed by atoms with E-state index in [1.165, 1.54) is 12.8 Å². The van der Waals surface area contributed by atoms with E-state index in [0.29, 0.717) is 25.2 Å². The molecule has 24 heavy (non-hydrogen) atoms. The number of urea groups is 1. The van der Waals surface area contributed by atoms with Crippen molar-refractivity contribution in [1.29, 1.82) is 0 Å². The molecule has 0 atom stereocenters. The van der Waals surface area contributed by atoms with Gasteiger partial charge in [-0.05, 0) is 49.1 Å². The van der Waals surface area contributed by atoms with Crippen LogP contribution in [0.1, 0.15) is 47.5 Å². The van der Waals surface area contributed by atoms with Crippen molar-refractivity contribution < 1.29 is 14.7 Å². The molecule has 0 aromatic heterocycles. The standard InChI is InChI=1S/C19H24N2O3/c22-18(23)17-6-2-1-5-16(17)15-9-12-21(13-10-15)19(24)20-11-3-4-14-7-8-14/h1-6,14-15H,7-13H2,(H,20,24)(H,22,23)/b4-3+. The van der Waals surface area contributed by atoms with E-state index in [1.54, 1.807) is 12.1 Å². The third-order valence-corrected chi connectivity index (χ3v) is 4.81. The molecule has 0 spiro atoms. The minimum absolute atomic E-state index is 0.0274. The van der Waals surface area contributed by atoms with E-state index in [2.05, 4.69) is 11.4 Å². The molecule has 1 aromatic rings. The van der Waals surface area contributed by atoms with Gasteiger partial charge in [-0.3, -0.25) is 0 Å². The number of allylic oxidation sites excluding steroid dienone is 1. The Morgan fingerprint density at radius 1 is 1.17 bits per heavy atom. The van der Waals surface area contributed by atoms with Gasteiger partial charge in [0.25, 0.3) is 0 Å². The van der Waals surface area contributed by atoms with Gasteiger partial charge in [-0.2, -0.15) is 0 Å². The van der Waals surface area contributed by atoms with Gasteiger partial charge >= 0.3 is 12.0 Å². The lowest BCUT2D eigenvalue weighted by Crippen LogP contribution is -2.44. The molecule has 128 valence electrons. The normalized spacial score (nSPS) is 18.8. The first-order valence-electron chi connectivity index (χ1n) is 8.67. The van der Waals surface area contributed by atoms with Crippen molar-refractivity contribution in [3.8, 4) is 0 Å². The van der Waals surface area contributed by atoms with Gasteiger partial charge in [0.2, 0.25) is 0 Å². The molecule has 2 fully saturated rings. The molecule has 2 aliphatic rings. The van der Waals surface area contributed by atoms with Crippen LogP contribution >= 0.6 is 0 Å².